The first kappa shape index (κ1) is 24.4. The van der Waals surface area contributed by atoms with Crippen LogP contribution in [0.25, 0.3) is 0 Å². The number of methoxy groups -OCH3 is 1. The lowest BCUT2D eigenvalue weighted by Gasteiger charge is -2.44. The number of rotatable bonds is 8. The van der Waals surface area contributed by atoms with Gasteiger partial charge in [-0.25, -0.2) is 9.59 Å². The molecule has 6 heteroatoms. The standard InChI is InChI=1S/C25H34N2O3Si/c1-18(2)25(23(28)30-5,27-24(29)26-21-14-10-8-11-15-21)19(3)20(4)31(6,7)22-16-12-9-13-17-22/h8-19H,4H2,1-3,5-7H3,(H2,26,27,29)/t19-,25+/m0/s1. The van der Waals surface area contributed by atoms with Crippen LogP contribution in [0.2, 0.25) is 13.1 Å². The minimum absolute atomic E-state index is 0.228. The fraction of sp³-hybridized carbons (Fsp3) is 0.360. The molecule has 5 nitrogen and oxygen atoms in total. The van der Waals surface area contributed by atoms with E-state index in [9.17, 15) is 9.59 Å². The van der Waals surface area contributed by atoms with Crippen LogP contribution in [0, 0.1) is 11.8 Å². The van der Waals surface area contributed by atoms with Gasteiger partial charge < -0.3 is 15.4 Å². The van der Waals surface area contributed by atoms with E-state index >= 15 is 0 Å². The molecule has 2 aromatic carbocycles. The number of para-hydroxylation sites is 1. The zero-order chi connectivity index (χ0) is 23.2. The summed E-state index contributed by atoms with van der Waals surface area (Å²) in [5.74, 6) is -1.05. The van der Waals surface area contributed by atoms with E-state index in [1.54, 1.807) is 12.1 Å². The maximum absolute atomic E-state index is 13.2. The molecule has 0 spiro atoms. The molecule has 2 atom stereocenters. The summed E-state index contributed by atoms with van der Waals surface area (Å²) in [6.45, 7) is 14.7. The molecule has 0 saturated carbocycles. The van der Waals surface area contributed by atoms with Crippen molar-refractivity contribution >= 4 is 30.9 Å². The van der Waals surface area contributed by atoms with E-state index in [1.807, 2.05) is 57.2 Å². The number of ether oxygens (including phenoxy) is 1. The monoisotopic (exact) mass is 438 g/mol. The third-order valence-corrected chi connectivity index (χ3v) is 10.1. The number of anilines is 1. The molecule has 0 bridgehead atoms. The van der Waals surface area contributed by atoms with Crippen molar-refractivity contribution in [3.05, 3.63) is 72.4 Å². The van der Waals surface area contributed by atoms with Gasteiger partial charge in [0.1, 0.15) is 13.6 Å². The number of benzene rings is 2. The largest absolute Gasteiger partial charge is 0.467 e. The topological polar surface area (TPSA) is 67.4 Å². The van der Waals surface area contributed by atoms with Gasteiger partial charge in [0.05, 0.1) is 7.11 Å². The Morgan fingerprint density at radius 2 is 1.48 bits per heavy atom. The summed E-state index contributed by atoms with van der Waals surface area (Å²) >= 11 is 0. The van der Waals surface area contributed by atoms with Gasteiger partial charge in [0.25, 0.3) is 0 Å². The normalized spacial score (nSPS) is 14.3. The molecule has 2 rings (SSSR count). The smallest absolute Gasteiger partial charge is 0.332 e. The van der Waals surface area contributed by atoms with Gasteiger partial charge in [-0.3, -0.25) is 0 Å². The average Bonchev–Trinajstić information content (AvgIpc) is 2.76. The number of hydrogen-bond acceptors (Lipinski definition) is 3. The molecule has 0 heterocycles. The Kier molecular flexibility index (Phi) is 7.84. The number of nitrogens with one attached hydrogen (secondary N) is 2. The van der Waals surface area contributed by atoms with Gasteiger partial charge in [0.2, 0.25) is 0 Å². The van der Waals surface area contributed by atoms with Crippen molar-refractivity contribution in [2.75, 3.05) is 12.4 Å². The number of hydrogen-bond donors (Lipinski definition) is 2. The molecule has 0 fully saturated rings. The molecular weight excluding hydrogens is 404 g/mol. The highest BCUT2D eigenvalue weighted by Gasteiger charge is 2.52. The Labute approximate surface area is 186 Å². The minimum atomic E-state index is -2.16. The number of carbonyl (C=O) groups is 2. The van der Waals surface area contributed by atoms with Crippen molar-refractivity contribution in [2.45, 2.75) is 39.4 Å². The Morgan fingerprint density at radius 3 is 1.97 bits per heavy atom. The third-order valence-electron chi connectivity index (χ3n) is 6.29. The van der Waals surface area contributed by atoms with Crippen LogP contribution in [0.5, 0.6) is 0 Å². The molecule has 2 amide bonds. The molecule has 0 unspecified atom stereocenters. The molecule has 166 valence electrons. The molecule has 2 aromatic rings. The zero-order valence-corrected chi connectivity index (χ0v) is 20.4. The number of esters is 1. The number of carbonyl (C=O) groups excluding carboxylic acids is 2. The molecule has 0 aromatic heterocycles. The van der Waals surface area contributed by atoms with Crippen molar-refractivity contribution in [3.8, 4) is 0 Å². The first-order valence-electron chi connectivity index (χ1n) is 10.5. The van der Waals surface area contributed by atoms with Gasteiger partial charge in [-0.1, -0.05) is 92.8 Å². The second-order valence-electron chi connectivity index (χ2n) is 8.70. The van der Waals surface area contributed by atoms with Crippen molar-refractivity contribution in [3.63, 3.8) is 0 Å². The van der Waals surface area contributed by atoms with Crippen LogP contribution < -0.4 is 15.8 Å². The second kappa shape index (κ2) is 9.96. The van der Waals surface area contributed by atoms with Gasteiger partial charge >= 0.3 is 12.0 Å². The van der Waals surface area contributed by atoms with Crippen LogP contribution in [-0.2, 0) is 9.53 Å². The van der Waals surface area contributed by atoms with Gasteiger partial charge in [-0.15, -0.1) is 6.58 Å². The summed E-state index contributed by atoms with van der Waals surface area (Å²) in [6.07, 6.45) is 0. The predicted octanol–water partition coefficient (Wildman–Crippen LogP) is 4.72. The number of urea groups is 1. The van der Waals surface area contributed by atoms with Crippen LogP contribution in [-0.4, -0.2) is 32.7 Å². The summed E-state index contributed by atoms with van der Waals surface area (Å²) in [5, 5.41) is 7.98. The molecule has 2 N–H and O–H groups in total. The fourth-order valence-corrected chi connectivity index (χ4v) is 6.82. The van der Waals surface area contributed by atoms with Gasteiger partial charge in [0.15, 0.2) is 0 Å². The quantitative estimate of drug-likeness (QED) is 0.463. The van der Waals surface area contributed by atoms with E-state index in [0.29, 0.717) is 5.69 Å². The van der Waals surface area contributed by atoms with Gasteiger partial charge in [-0.2, -0.15) is 0 Å². The lowest BCUT2D eigenvalue weighted by molar-refractivity contribution is -0.152. The summed E-state index contributed by atoms with van der Waals surface area (Å²) in [6, 6.07) is 18.9. The van der Waals surface area contributed by atoms with Crippen LogP contribution in [0.3, 0.4) is 0 Å². The van der Waals surface area contributed by atoms with Crippen LogP contribution in [0.1, 0.15) is 20.8 Å². The Hall–Kier alpha value is -2.86. The second-order valence-corrected chi connectivity index (χ2v) is 13.2. The van der Waals surface area contributed by atoms with Crippen LogP contribution >= 0.6 is 0 Å². The highest BCUT2D eigenvalue weighted by Crippen LogP contribution is 2.36. The first-order chi connectivity index (χ1) is 14.6. The first-order valence-corrected chi connectivity index (χ1v) is 13.5. The van der Waals surface area contributed by atoms with E-state index in [0.717, 1.165) is 5.20 Å². The predicted molar refractivity (Wildman–Crippen MR) is 130 cm³/mol. The van der Waals surface area contributed by atoms with Gasteiger partial charge in [0, 0.05) is 11.6 Å². The van der Waals surface area contributed by atoms with E-state index in [-0.39, 0.29) is 11.8 Å². The van der Waals surface area contributed by atoms with E-state index in [2.05, 4.69) is 42.4 Å². The Morgan fingerprint density at radius 1 is 0.968 bits per heavy atom. The maximum Gasteiger partial charge on any atom is 0.332 e. The lowest BCUT2D eigenvalue weighted by Crippen LogP contribution is -2.65. The molecule has 0 saturated heterocycles. The molecule has 0 aliphatic heterocycles. The summed E-state index contributed by atoms with van der Waals surface area (Å²) in [4.78, 5) is 26.1. The van der Waals surface area contributed by atoms with Crippen molar-refractivity contribution < 1.29 is 14.3 Å². The van der Waals surface area contributed by atoms with Crippen molar-refractivity contribution in [2.24, 2.45) is 11.8 Å². The number of amides is 2. The summed E-state index contributed by atoms with van der Waals surface area (Å²) in [5.41, 5.74) is -0.614. The van der Waals surface area contributed by atoms with Crippen LogP contribution in [0.15, 0.2) is 72.4 Å². The molecular formula is C25H34N2O3Si. The summed E-state index contributed by atoms with van der Waals surface area (Å²) < 4.78 is 5.21. The molecule has 0 aliphatic rings. The maximum atomic E-state index is 13.2. The van der Waals surface area contributed by atoms with Crippen molar-refractivity contribution in [1.82, 2.24) is 5.32 Å². The Balaban J connectivity index is 2.43. The van der Waals surface area contributed by atoms with Crippen molar-refractivity contribution in [1.29, 1.82) is 0 Å². The van der Waals surface area contributed by atoms with E-state index < -0.39 is 25.6 Å². The Bertz CT molecular complexity index is 913. The molecule has 0 radical (unpaired) electrons. The third kappa shape index (κ3) is 5.07. The van der Waals surface area contributed by atoms with Gasteiger partial charge in [-0.05, 0) is 18.1 Å². The lowest BCUT2D eigenvalue weighted by atomic mass is 9.75. The highest BCUT2D eigenvalue weighted by atomic mass is 28.3. The minimum Gasteiger partial charge on any atom is -0.467 e. The molecule has 31 heavy (non-hydrogen) atoms. The van der Waals surface area contributed by atoms with E-state index in [4.69, 9.17) is 4.74 Å². The molecule has 0 aliphatic carbocycles. The van der Waals surface area contributed by atoms with Crippen LogP contribution in [0.4, 0.5) is 10.5 Å². The fourth-order valence-electron chi connectivity index (χ4n) is 4.11. The SMILES string of the molecule is C=C([C@H](C)[C@@](NC(=O)Nc1ccccc1)(C(=O)OC)C(C)C)[Si](C)(C)c1ccccc1. The zero-order valence-electron chi connectivity index (χ0n) is 19.4. The average molecular weight is 439 g/mol. The summed E-state index contributed by atoms with van der Waals surface area (Å²) in [7, 11) is -0.807. The highest BCUT2D eigenvalue weighted by molar-refractivity contribution is 6.95. The van der Waals surface area contributed by atoms with E-state index in [1.165, 1.54) is 12.3 Å².